The average Bonchev–Trinajstić information content (AvgIpc) is 2.77. The molecule has 32 heavy (non-hydrogen) atoms. The molecule has 1 N–H and O–H groups in total. The van der Waals surface area contributed by atoms with Crippen LogP contribution in [0, 0.1) is 18.3 Å². The van der Waals surface area contributed by atoms with E-state index in [0.717, 1.165) is 5.56 Å². The van der Waals surface area contributed by atoms with Gasteiger partial charge in [0.15, 0.2) is 0 Å². The number of halogens is 3. The van der Waals surface area contributed by atoms with Crippen molar-refractivity contribution in [1.82, 2.24) is 0 Å². The van der Waals surface area contributed by atoms with Gasteiger partial charge in [0.25, 0.3) is 5.91 Å². The summed E-state index contributed by atoms with van der Waals surface area (Å²) >= 11 is 15.4. The summed E-state index contributed by atoms with van der Waals surface area (Å²) in [6.07, 6.45) is 1.33. The summed E-state index contributed by atoms with van der Waals surface area (Å²) in [6.45, 7) is 1.91. The summed E-state index contributed by atoms with van der Waals surface area (Å²) in [7, 11) is 0. The fraction of sp³-hybridized carbons (Fsp3) is 0.0417. The number of nitrogens with one attached hydrogen (secondary N) is 1. The van der Waals surface area contributed by atoms with Gasteiger partial charge in [-0.2, -0.15) is 5.26 Å². The third-order valence-corrected chi connectivity index (χ3v) is 5.64. The molecule has 5 nitrogen and oxygen atoms in total. The topological polar surface area (TPSA) is 79.2 Å². The number of esters is 1. The molecule has 1 amide bonds. The summed E-state index contributed by atoms with van der Waals surface area (Å²) < 4.78 is 6.20. The van der Waals surface area contributed by atoms with Gasteiger partial charge >= 0.3 is 5.97 Å². The minimum Gasteiger partial charge on any atom is -0.422 e. The van der Waals surface area contributed by atoms with Gasteiger partial charge in [-0.15, -0.1) is 0 Å². The highest BCUT2D eigenvalue weighted by molar-refractivity contribution is 9.10. The minimum absolute atomic E-state index is 0.162. The van der Waals surface area contributed by atoms with Gasteiger partial charge in [0.2, 0.25) is 0 Å². The molecule has 0 aliphatic rings. The average molecular weight is 530 g/mol. The van der Waals surface area contributed by atoms with Crippen molar-refractivity contribution in [3.63, 3.8) is 0 Å². The van der Waals surface area contributed by atoms with Crippen molar-refractivity contribution in [2.24, 2.45) is 0 Å². The molecule has 0 atom stereocenters. The second kappa shape index (κ2) is 10.5. The van der Waals surface area contributed by atoms with Crippen molar-refractivity contribution in [1.29, 1.82) is 5.26 Å². The van der Waals surface area contributed by atoms with E-state index in [4.69, 9.17) is 27.9 Å². The lowest BCUT2D eigenvalue weighted by Gasteiger charge is -2.10. The minimum atomic E-state index is -0.688. The van der Waals surface area contributed by atoms with Gasteiger partial charge in [-0.25, -0.2) is 4.79 Å². The van der Waals surface area contributed by atoms with Crippen molar-refractivity contribution >= 4 is 62.8 Å². The first-order chi connectivity index (χ1) is 15.3. The van der Waals surface area contributed by atoms with E-state index in [0.29, 0.717) is 15.6 Å². The van der Waals surface area contributed by atoms with Crippen LogP contribution in [0.15, 0.2) is 70.7 Å². The number of rotatable bonds is 5. The number of carbonyl (C=O) groups is 2. The first-order valence-corrected chi connectivity index (χ1v) is 10.8. The monoisotopic (exact) mass is 528 g/mol. The Bertz CT molecular complexity index is 1270. The van der Waals surface area contributed by atoms with Gasteiger partial charge in [-0.1, -0.05) is 62.9 Å². The summed E-state index contributed by atoms with van der Waals surface area (Å²) in [5, 5.41) is 12.5. The number of aryl methyl sites for hydroxylation is 1. The fourth-order valence-corrected chi connectivity index (χ4v) is 3.39. The lowest BCUT2D eigenvalue weighted by atomic mass is 10.1. The van der Waals surface area contributed by atoms with Gasteiger partial charge in [-0.3, -0.25) is 4.79 Å². The van der Waals surface area contributed by atoms with Crippen LogP contribution in [0.4, 0.5) is 5.69 Å². The highest BCUT2D eigenvalue weighted by Crippen LogP contribution is 2.30. The Kier molecular flexibility index (Phi) is 7.70. The molecule has 3 rings (SSSR count). The third-order valence-electron chi connectivity index (χ3n) is 4.33. The molecular formula is C24H15BrCl2N2O3. The Hall–Kier alpha value is -3.11. The van der Waals surface area contributed by atoms with E-state index in [1.54, 1.807) is 60.7 Å². The Morgan fingerprint density at radius 2 is 1.81 bits per heavy atom. The molecule has 0 radical (unpaired) electrons. The first kappa shape index (κ1) is 23.6. The summed E-state index contributed by atoms with van der Waals surface area (Å²) in [5.74, 6) is -1.05. The number of nitrogens with zero attached hydrogens (tertiary/aromatic N) is 1. The van der Waals surface area contributed by atoms with Crippen LogP contribution in [0.2, 0.25) is 10.0 Å². The summed E-state index contributed by atoms with van der Waals surface area (Å²) in [6, 6.07) is 18.4. The molecule has 0 aliphatic heterocycles. The van der Waals surface area contributed by atoms with E-state index in [9.17, 15) is 14.9 Å². The quantitative estimate of drug-likeness (QED) is 0.170. The SMILES string of the molecule is Cc1ccc(C(=O)Oc2ccc(Br)cc2/C=C(\C#N)C(=O)Nc2cccc(Cl)c2Cl)cc1. The number of benzene rings is 3. The van der Waals surface area contributed by atoms with Crippen molar-refractivity contribution < 1.29 is 14.3 Å². The van der Waals surface area contributed by atoms with Crippen LogP contribution in [0.25, 0.3) is 6.08 Å². The smallest absolute Gasteiger partial charge is 0.343 e. The standard InChI is InChI=1S/C24H15BrCl2N2O3/c1-14-5-7-15(8-6-14)24(31)32-21-10-9-18(25)12-16(21)11-17(13-28)23(30)29-20-4-2-3-19(26)22(20)27/h2-12H,1H3,(H,29,30)/b17-11+. The largest absolute Gasteiger partial charge is 0.422 e. The van der Waals surface area contributed by atoms with Crippen LogP contribution in [0.3, 0.4) is 0 Å². The predicted molar refractivity (Wildman–Crippen MR) is 129 cm³/mol. The second-order valence-corrected chi connectivity index (χ2v) is 8.36. The maximum absolute atomic E-state index is 12.7. The van der Waals surface area contributed by atoms with Gasteiger partial charge in [0, 0.05) is 10.0 Å². The molecule has 8 heteroatoms. The summed E-state index contributed by atoms with van der Waals surface area (Å²) in [5.41, 5.74) is 1.81. The number of nitriles is 1. The molecule has 160 valence electrons. The highest BCUT2D eigenvalue weighted by Gasteiger charge is 2.16. The van der Waals surface area contributed by atoms with Gasteiger partial charge in [0.1, 0.15) is 17.4 Å². The van der Waals surface area contributed by atoms with E-state index < -0.39 is 11.9 Å². The van der Waals surface area contributed by atoms with Crippen LogP contribution in [-0.2, 0) is 4.79 Å². The van der Waals surface area contributed by atoms with Gasteiger partial charge < -0.3 is 10.1 Å². The number of carbonyl (C=O) groups excluding carboxylic acids is 2. The van der Waals surface area contributed by atoms with Gasteiger partial charge in [-0.05, 0) is 55.5 Å². The molecule has 3 aromatic carbocycles. The van der Waals surface area contributed by atoms with Crippen molar-refractivity contribution in [3.05, 3.63) is 97.4 Å². The van der Waals surface area contributed by atoms with Crippen LogP contribution in [0.1, 0.15) is 21.5 Å². The lowest BCUT2D eigenvalue weighted by molar-refractivity contribution is -0.112. The summed E-state index contributed by atoms with van der Waals surface area (Å²) in [4.78, 5) is 25.2. The van der Waals surface area contributed by atoms with E-state index >= 15 is 0 Å². The molecule has 0 unspecified atom stereocenters. The maximum Gasteiger partial charge on any atom is 0.343 e. The number of hydrogen-bond acceptors (Lipinski definition) is 4. The highest BCUT2D eigenvalue weighted by atomic mass is 79.9. The van der Waals surface area contributed by atoms with E-state index in [-0.39, 0.29) is 27.1 Å². The van der Waals surface area contributed by atoms with Crippen molar-refractivity contribution in [2.45, 2.75) is 6.92 Å². The number of anilines is 1. The number of amides is 1. The normalized spacial score (nSPS) is 10.9. The molecule has 0 saturated heterocycles. The Labute approximate surface area is 203 Å². The molecule has 0 aliphatic carbocycles. The zero-order valence-corrected chi connectivity index (χ0v) is 19.8. The molecule has 0 aromatic heterocycles. The maximum atomic E-state index is 12.7. The fourth-order valence-electron chi connectivity index (χ4n) is 2.67. The number of hydrogen-bond donors (Lipinski definition) is 1. The van der Waals surface area contributed by atoms with Crippen LogP contribution in [0.5, 0.6) is 5.75 Å². The van der Waals surface area contributed by atoms with E-state index in [1.807, 2.05) is 13.0 Å². The zero-order valence-electron chi connectivity index (χ0n) is 16.7. The van der Waals surface area contributed by atoms with E-state index in [1.165, 1.54) is 6.08 Å². The van der Waals surface area contributed by atoms with Crippen LogP contribution >= 0.6 is 39.1 Å². The van der Waals surface area contributed by atoms with Crippen molar-refractivity contribution in [3.8, 4) is 11.8 Å². The molecule has 3 aromatic rings. The first-order valence-electron chi connectivity index (χ1n) is 9.24. The van der Waals surface area contributed by atoms with Gasteiger partial charge in [0.05, 0.1) is 21.3 Å². The Morgan fingerprint density at radius 3 is 2.50 bits per heavy atom. The predicted octanol–water partition coefficient (Wildman–Crippen LogP) is 6.83. The molecule has 0 bridgehead atoms. The molecule has 0 spiro atoms. The molecule has 0 fully saturated rings. The van der Waals surface area contributed by atoms with Crippen molar-refractivity contribution in [2.75, 3.05) is 5.32 Å². The second-order valence-electron chi connectivity index (χ2n) is 6.66. The zero-order chi connectivity index (χ0) is 23.3. The van der Waals surface area contributed by atoms with Crippen LogP contribution in [-0.4, -0.2) is 11.9 Å². The lowest BCUT2D eigenvalue weighted by Crippen LogP contribution is -2.14. The van der Waals surface area contributed by atoms with E-state index in [2.05, 4.69) is 21.2 Å². The molecule has 0 saturated carbocycles. The van der Waals surface area contributed by atoms with Crippen LogP contribution < -0.4 is 10.1 Å². The Morgan fingerprint density at radius 1 is 1.09 bits per heavy atom. The number of ether oxygens (including phenoxy) is 1. The Balaban J connectivity index is 1.90. The molecular weight excluding hydrogens is 515 g/mol. The molecule has 0 heterocycles. The third kappa shape index (κ3) is 5.77.